The van der Waals surface area contributed by atoms with Crippen molar-refractivity contribution in [3.63, 3.8) is 0 Å². The van der Waals surface area contributed by atoms with Gasteiger partial charge in [0.05, 0.1) is 19.4 Å². The summed E-state index contributed by atoms with van der Waals surface area (Å²) in [6, 6.07) is -1.80. The van der Waals surface area contributed by atoms with E-state index in [2.05, 4.69) is 20.6 Å². The van der Waals surface area contributed by atoms with Crippen molar-refractivity contribution in [1.29, 1.82) is 0 Å². The lowest BCUT2D eigenvalue weighted by Gasteiger charge is -2.23. The average Bonchev–Trinajstić information content (AvgIpc) is 3.29. The maximum atomic E-state index is 12.2. The summed E-state index contributed by atoms with van der Waals surface area (Å²) in [5.74, 6) is -2.62. The van der Waals surface area contributed by atoms with E-state index in [0.717, 1.165) is 0 Å². The van der Waals surface area contributed by atoms with Crippen LogP contribution in [0.3, 0.4) is 0 Å². The number of carboxylic acids is 1. The number of hydrogen-bond donors (Lipinski definition) is 5. The number of nitrogens with zero attached hydrogens (tertiary/aromatic N) is 2. The Hall–Kier alpha value is -2.95. The Labute approximate surface area is 149 Å². The Morgan fingerprint density at radius 2 is 2.19 bits per heavy atom. The minimum atomic E-state index is -1.20. The van der Waals surface area contributed by atoms with Crippen molar-refractivity contribution < 1.29 is 24.3 Å². The largest absolute Gasteiger partial charge is 0.480 e. The van der Waals surface area contributed by atoms with Crippen molar-refractivity contribution in [3.8, 4) is 0 Å². The van der Waals surface area contributed by atoms with Crippen LogP contribution < -0.4 is 16.4 Å². The van der Waals surface area contributed by atoms with E-state index in [1.807, 2.05) is 0 Å². The van der Waals surface area contributed by atoms with Crippen molar-refractivity contribution in [2.24, 2.45) is 5.73 Å². The third-order valence-electron chi connectivity index (χ3n) is 4.09. The molecule has 0 radical (unpaired) electrons. The highest BCUT2D eigenvalue weighted by Crippen LogP contribution is 2.17. The normalized spacial score (nSPS) is 17.6. The fraction of sp³-hybridized carbons (Fsp3) is 0.533. The maximum Gasteiger partial charge on any atom is 0.326 e. The Bertz CT molecular complexity index is 661. The molecule has 0 aromatic carbocycles. The molecule has 1 fully saturated rings. The smallest absolute Gasteiger partial charge is 0.326 e. The van der Waals surface area contributed by atoms with Gasteiger partial charge >= 0.3 is 5.97 Å². The summed E-state index contributed by atoms with van der Waals surface area (Å²) in [5.41, 5.74) is 5.88. The number of nitrogens with one attached hydrogen (secondary N) is 3. The van der Waals surface area contributed by atoms with Crippen LogP contribution in [0.2, 0.25) is 0 Å². The second kappa shape index (κ2) is 8.94. The molecule has 3 amide bonds. The molecule has 2 heterocycles. The molecule has 0 saturated carbocycles. The molecule has 2 unspecified atom stereocenters. The summed E-state index contributed by atoms with van der Waals surface area (Å²) in [6.07, 6.45) is 4.09. The van der Waals surface area contributed by atoms with Crippen molar-refractivity contribution in [2.45, 2.75) is 31.3 Å². The monoisotopic (exact) mass is 366 g/mol. The SMILES string of the molecule is NCC(=O)N1CCCC1C(=O)NCC(=O)NC(Cc1cnc[nH]1)C(=O)O. The predicted octanol–water partition coefficient (Wildman–Crippen LogP) is -2.41. The van der Waals surface area contributed by atoms with Gasteiger partial charge in [0.25, 0.3) is 0 Å². The van der Waals surface area contributed by atoms with Crippen molar-refractivity contribution in [2.75, 3.05) is 19.6 Å². The number of likely N-dealkylation sites (tertiary alicyclic amines) is 1. The quantitative estimate of drug-likeness (QED) is 0.341. The van der Waals surface area contributed by atoms with Crippen LogP contribution in [0.15, 0.2) is 12.5 Å². The summed E-state index contributed by atoms with van der Waals surface area (Å²) in [4.78, 5) is 55.1. The molecule has 11 nitrogen and oxygen atoms in total. The van der Waals surface area contributed by atoms with Crippen LogP contribution in [0.25, 0.3) is 0 Å². The third-order valence-corrected chi connectivity index (χ3v) is 4.09. The first-order valence-electron chi connectivity index (χ1n) is 8.19. The van der Waals surface area contributed by atoms with Gasteiger partial charge in [0, 0.05) is 24.9 Å². The molecule has 6 N–H and O–H groups in total. The van der Waals surface area contributed by atoms with Gasteiger partial charge in [-0.05, 0) is 12.8 Å². The first-order valence-corrected chi connectivity index (χ1v) is 8.19. The summed E-state index contributed by atoms with van der Waals surface area (Å²) < 4.78 is 0. The lowest BCUT2D eigenvalue weighted by Crippen LogP contribution is -2.51. The number of rotatable bonds is 8. The summed E-state index contributed by atoms with van der Waals surface area (Å²) in [6.45, 7) is -0.115. The van der Waals surface area contributed by atoms with Crippen LogP contribution in [0.5, 0.6) is 0 Å². The molecule has 2 rings (SSSR count). The Morgan fingerprint density at radius 1 is 1.42 bits per heavy atom. The number of H-pyrrole nitrogens is 1. The first-order chi connectivity index (χ1) is 12.4. The molecule has 0 aliphatic carbocycles. The zero-order valence-corrected chi connectivity index (χ0v) is 14.1. The fourth-order valence-corrected chi connectivity index (χ4v) is 2.80. The van der Waals surface area contributed by atoms with Crippen LogP contribution in [-0.4, -0.2) is 75.4 Å². The van der Waals surface area contributed by atoms with Gasteiger partial charge in [0.2, 0.25) is 17.7 Å². The highest BCUT2D eigenvalue weighted by Gasteiger charge is 2.33. The van der Waals surface area contributed by atoms with E-state index in [1.165, 1.54) is 17.4 Å². The molecule has 11 heteroatoms. The topological polar surface area (TPSA) is 171 Å². The van der Waals surface area contributed by atoms with E-state index in [4.69, 9.17) is 5.73 Å². The van der Waals surface area contributed by atoms with Crippen molar-refractivity contribution in [3.05, 3.63) is 18.2 Å². The Morgan fingerprint density at radius 3 is 2.81 bits per heavy atom. The van der Waals surface area contributed by atoms with Gasteiger partial charge < -0.3 is 31.4 Å². The molecule has 1 aliphatic heterocycles. The number of imidazole rings is 1. The highest BCUT2D eigenvalue weighted by atomic mass is 16.4. The number of nitrogens with two attached hydrogens (primary N) is 1. The number of aromatic amines is 1. The molecule has 26 heavy (non-hydrogen) atoms. The number of hydrogen-bond acceptors (Lipinski definition) is 6. The molecular formula is C15H22N6O5. The molecular weight excluding hydrogens is 344 g/mol. The zero-order valence-electron chi connectivity index (χ0n) is 14.1. The molecule has 1 aromatic heterocycles. The fourth-order valence-electron chi connectivity index (χ4n) is 2.80. The van der Waals surface area contributed by atoms with Crippen LogP contribution in [0, 0.1) is 0 Å². The van der Waals surface area contributed by atoms with Crippen LogP contribution >= 0.6 is 0 Å². The highest BCUT2D eigenvalue weighted by molar-refractivity contribution is 5.92. The lowest BCUT2D eigenvalue weighted by atomic mass is 10.1. The number of carbonyl (C=O) groups excluding carboxylic acids is 3. The van der Waals surface area contributed by atoms with Crippen LogP contribution in [0.1, 0.15) is 18.5 Å². The molecule has 0 spiro atoms. The van der Waals surface area contributed by atoms with Crippen LogP contribution in [-0.2, 0) is 25.6 Å². The van der Waals surface area contributed by atoms with Gasteiger partial charge in [-0.3, -0.25) is 14.4 Å². The summed E-state index contributed by atoms with van der Waals surface area (Å²) in [7, 11) is 0. The van der Waals surface area contributed by atoms with Gasteiger partial charge in [-0.25, -0.2) is 9.78 Å². The van der Waals surface area contributed by atoms with Gasteiger partial charge in [-0.15, -0.1) is 0 Å². The minimum Gasteiger partial charge on any atom is -0.480 e. The summed E-state index contributed by atoms with van der Waals surface area (Å²) >= 11 is 0. The van der Waals surface area contributed by atoms with Crippen molar-refractivity contribution >= 4 is 23.7 Å². The Balaban J connectivity index is 1.84. The van der Waals surface area contributed by atoms with E-state index in [1.54, 1.807) is 0 Å². The molecule has 0 bridgehead atoms. The number of aliphatic carboxylic acids is 1. The molecule has 2 atom stereocenters. The number of aromatic nitrogens is 2. The van der Waals surface area contributed by atoms with E-state index in [0.29, 0.717) is 25.1 Å². The van der Waals surface area contributed by atoms with Gasteiger partial charge in [0.15, 0.2) is 0 Å². The van der Waals surface area contributed by atoms with Gasteiger partial charge in [-0.2, -0.15) is 0 Å². The second-order valence-electron chi connectivity index (χ2n) is 5.91. The minimum absolute atomic E-state index is 0.0381. The van der Waals surface area contributed by atoms with E-state index in [9.17, 15) is 24.3 Å². The number of carbonyl (C=O) groups is 4. The average molecular weight is 366 g/mol. The van der Waals surface area contributed by atoms with E-state index >= 15 is 0 Å². The predicted molar refractivity (Wildman–Crippen MR) is 88.7 cm³/mol. The zero-order chi connectivity index (χ0) is 19.1. The van der Waals surface area contributed by atoms with Crippen LogP contribution in [0.4, 0.5) is 0 Å². The maximum absolute atomic E-state index is 12.2. The van der Waals surface area contributed by atoms with E-state index < -0.39 is 29.9 Å². The lowest BCUT2D eigenvalue weighted by molar-refractivity contribution is -0.142. The summed E-state index contributed by atoms with van der Waals surface area (Å²) in [5, 5.41) is 14.0. The molecule has 1 aromatic rings. The standard InChI is InChI=1S/C15H22N6O5/c16-5-13(23)21-3-1-2-11(21)14(24)18-7-12(22)20-10(15(25)26)4-9-6-17-8-19-9/h6,8,10-11H,1-5,7,16H2,(H,17,19)(H,18,24)(H,20,22)(H,25,26). The van der Waals surface area contributed by atoms with E-state index in [-0.39, 0.29) is 25.4 Å². The molecule has 142 valence electrons. The second-order valence-corrected chi connectivity index (χ2v) is 5.91. The number of amides is 3. The molecule has 1 saturated heterocycles. The Kier molecular flexibility index (Phi) is 6.67. The molecule has 1 aliphatic rings. The van der Waals surface area contributed by atoms with Gasteiger partial charge in [0.1, 0.15) is 12.1 Å². The van der Waals surface area contributed by atoms with Crippen molar-refractivity contribution in [1.82, 2.24) is 25.5 Å². The van der Waals surface area contributed by atoms with Gasteiger partial charge in [-0.1, -0.05) is 0 Å². The first kappa shape index (κ1) is 19.4. The third kappa shape index (κ3) is 5.02. The number of carboxylic acid groups (broad SMARTS) is 1.